The smallest absolute Gasteiger partial charge is 0.338 e. The normalized spacial score (nSPS) is 10.4. The minimum Gasteiger partial charge on any atom is -0.452 e. The summed E-state index contributed by atoms with van der Waals surface area (Å²) in [6.07, 6.45) is 3.47. The van der Waals surface area contributed by atoms with Gasteiger partial charge in [0.15, 0.2) is 6.61 Å². The molecule has 0 spiro atoms. The molecule has 3 aromatic rings. The van der Waals surface area contributed by atoms with Gasteiger partial charge in [-0.25, -0.2) is 9.48 Å². The molecule has 0 aliphatic carbocycles. The molecule has 0 atom stereocenters. The summed E-state index contributed by atoms with van der Waals surface area (Å²) in [5, 5.41) is 7.34. The quantitative estimate of drug-likeness (QED) is 0.697. The first-order valence-corrected chi connectivity index (χ1v) is 8.24. The second kappa shape index (κ2) is 7.84. The maximum absolute atomic E-state index is 12.1. The Kier molecular flexibility index (Phi) is 5.34. The zero-order chi connectivity index (χ0) is 18.5. The fourth-order valence-corrected chi connectivity index (χ4v) is 2.49. The molecule has 0 fully saturated rings. The maximum atomic E-state index is 12.1. The molecule has 0 saturated heterocycles. The maximum Gasteiger partial charge on any atom is 0.338 e. The van der Waals surface area contributed by atoms with Crippen molar-refractivity contribution >= 4 is 29.2 Å². The number of nitrogens with zero attached hydrogens (tertiary/aromatic N) is 2. The van der Waals surface area contributed by atoms with Gasteiger partial charge in [0.1, 0.15) is 0 Å². The number of benzene rings is 2. The number of amides is 1. The van der Waals surface area contributed by atoms with E-state index in [1.807, 2.05) is 6.07 Å². The highest BCUT2D eigenvalue weighted by molar-refractivity contribution is 6.31. The van der Waals surface area contributed by atoms with Gasteiger partial charge in [0.2, 0.25) is 0 Å². The van der Waals surface area contributed by atoms with Gasteiger partial charge in [-0.1, -0.05) is 17.7 Å². The Hall–Kier alpha value is -3.12. The number of rotatable bonds is 5. The highest BCUT2D eigenvalue weighted by Crippen LogP contribution is 2.22. The van der Waals surface area contributed by atoms with E-state index in [1.54, 1.807) is 66.5 Å². The molecule has 2 aromatic carbocycles. The molecule has 1 aromatic heterocycles. The summed E-state index contributed by atoms with van der Waals surface area (Å²) in [6.45, 7) is 1.41. The summed E-state index contributed by atoms with van der Waals surface area (Å²) in [6, 6.07) is 13.8. The number of anilines is 1. The lowest BCUT2D eigenvalue weighted by Gasteiger charge is -2.10. The third kappa shape index (κ3) is 4.10. The Morgan fingerprint density at radius 3 is 2.62 bits per heavy atom. The number of hydrogen-bond donors (Lipinski definition) is 1. The fraction of sp³-hybridized carbons (Fsp3) is 0.105. The minimum atomic E-state index is -0.574. The van der Waals surface area contributed by atoms with E-state index in [1.165, 1.54) is 0 Å². The predicted molar refractivity (Wildman–Crippen MR) is 98.7 cm³/mol. The average molecular weight is 370 g/mol. The van der Waals surface area contributed by atoms with Crippen LogP contribution in [0.5, 0.6) is 0 Å². The molecular weight excluding hydrogens is 354 g/mol. The van der Waals surface area contributed by atoms with E-state index >= 15 is 0 Å². The second-order valence-corrected chi connectivity index (χ2v) is 5.94. The first kappa shape index (κ1) is 17.7. The number of aromatic nitrogens is 2. The highest BCUT2D eigenvalue weighted by Gasteiger charge is 2.12. The predicted octanol–water partition coefficient (Wildman–Crippen LogP) is 3.63. The molecule has 7 heteroatoms. The van der Waals surface area contributed by atoms with Crippen LogP contribution in [0.3, 0.4) is 0 Å². The molecule has 0 bridgehead atoms. The number of carbonyl (C=O) groups excluding carboxylic acids is 2. The van der Waals surface area contributed by atoms with Crippen LogP contribution < -0.4 is 5.32 Å². The van der Waals surface area contributed by atoms with Crippen molar-refractivity contribution in [3.63, 3.8) is 0 Å². The molecule has 132 valence electrons. The van der Waals surface area contributed by atoms with Gasteiger partial charge in [0, 0.05) is 23.1 Å². The van der Waals surface area contributed by atoms with E-state index in [2.05, 4.69) is 10.4 Å². The standard InChI is InChI=1S/C19H16ClN3O3/c1-13-16(20)4-2-5-17(13)22-18(24)12-26-19(25)14-6-8-15(9-7-14)23-11-3-10-21-23/h2-11H,12H2,1H3,(H,22,24). The average Bonchev–Trinajstić information content (AvgIpc) is 3.18. The lowest BCUT2D eigenvalue weighted by molar-refractivity contribution is -0.119. The van der Waals surface area contributed by atoms with Gasteiger partial charge in [0.05, 0.1) is 11.3 Å². The Morgan fingerprint density at radius 2 is 1.92 bits per heavy atom. The number of ether oxygens (including phenoxy) is 1. The van der Waals surface area contributed by atoms with Crippen molar-refractivity contribution in [1.82, 2.24) is 9.78 Å². The van der Waals surface area contributed by atoms with Gasteiger partial charge < -0.3 is 10.1 Å². The molecule has 6 nitrogen and oxygen atoms in total. The molecule has 0 saturated carbocycles. The Bertz CT molecular complexity index is 922. The van der Waals surface area contributed by atoms with Gasteiger partial charge in [-0.05, 0) is 55.0 Å². The number of carbonyl (C=O) groups is 2. The first-order chi connectivity index (χ1) is 12.5. The van der Waals surface area contributed by atoms with Gasteiger partial charge >= 0.3 is 5.97 Å². The van der Waals surface area contributed by atoms with Gasteiger partial charge in [-0.15, -0.1) is 0 Å². The van der Waals surface area contributed by atoms with Gasteiger partial charge in [0.25, 0.3) is 5.91 Å². The Morgan fingerprint density at radius 1 is 1.15 bits per heavy atom. The molecular formula is C19H16ClN3O3. The van der Waals surface area contributed by atoms with E-state index in [-0.39, 0.29) is 6.61 Å². The van der Waals surface area contributed by atoms with Crippen molar-refractivity contribution in [3.05, 3.63) is 77.1 Å². The molecule has 1 heterocycles. The minimum absolute atomic E-state index is 0.354. The number of esters is 1. The summed E-state index contributed by atoms with van der Waals surface area (Å²) in [5.41, 5.74) is 2.51. The van der Waals surface area contributed by atoms with Crippen LogP contribution in [0.2, 0.25) is 5.02 Å². The summed E-state index contributed by atoms with van der Waals surface area (Å²) in [7, 11) is 0. The molecule has 1 N–H and O–H groups in total. The van der Waals surface area contributed by atoms with Gasteiger partial charge in [-0.3, -0.25) is 4.79 Å². The lowest BCUT2D eigenvalue weighted by atomic mass is 10.2. The molecule has 0 aliphatic rings. The summed E-state index contributed by atoms with van der Waals surface area (Å²) < 4.78 is 6.73. The highest BCUT2D eigenvalue weighted by atomic mass is 35.5. The number of hydrogen-bond acceptors (Lipinski definition) is 4. The van der Waals surface area contributed by atoms with E-state index in [0.717, 1.165) is 11.3 Å². The van der Waals surface area contributed by atoms with E-state index < -0.39 is 11.9 Å². The van der Waals surface area contributed by atoms with E-state index in [4.69, 9.17) is 16.3 Å². The topological polar surface area (TPSA) is 73.2 Å². The van der Waals surface area contributed by atoms with Crippen LogP contribution >= 0.6 is 11.6 Å². The molecule has 26 heavy (non-hydrogen) atoms. The van der Waals surface area contributed by atoms with Crippen molar-refractivity contribution in [1.29, 1.82) is 0 Å². The van der Waals surface area contributed by atoms with Crippen molar-refractivity contribution in [3.8, 4) is 5.69 Å². The molecule has 3 rings (SSSR count). The fourth-order valence-electron chi connectivity index (χ4n) is 2.32. The monoisotopic (exact) mass is 369 g/mol. The van der Waals surface area contributed by atoms with Crippen LogP contribution in [0.15, 0.2) is 60.9 Å². The number of halogens is 1. The van der Waals surface area contributed by atoms with E-state index in [0.29, 0.717) is 16.3 Å². The summed E-state index contributed by atoms with van der Waals surface area (Å²) >= 11 is 6.01. The van der Waals surface area contributed by atoms with Crippen LogP contribution in [0.25, 0.3) is 5.69 Å². The van der Waals surface area contributed by atoms with E-state index in [9.17, 15) is 9.59 Å². The van der Waals surface area contributed by atoms with Crippen molar-refractivity contribution in [2.45, 2.75) is 6.92 Å². The largest absolute Gasteiger partial charge is 0.452 e. The van der Waals surface area contributed by atoms with Crippen LogP contribution in [0, 0.1) is 6.92 Å². The third-order valence-electron chi connectivity index (χ3n) is 3.75. The number of nitrogens with one attached hydrogen (secondary N) is 1. The van der Waals surface area contributed by atoms with Gasteiger partial charge in [-0.2, -0.15) is 5.10 Å². The SMILES string of the molecule is Cc1c(Cl)cccc1NC(=O)COC(=O)c1ccc(-n2cccn2)cc1. The van der Waals surface area contributed by atoms with Crippen LogP contribution in [-0.4, -0.2) is 28.3 Å². The van der Waals surface area contributed by atoms with Crippen LogP contribution in [0.1, 0.15) is 15.9 Å². The van der Waals surface area contributed by atoms with Crippen molar-refractivity contribution in [2.24, 2.45) is 0 Å². The van der Waals surface area contributed by atoms with Crippen molar-refractivity contribution < 1.29 is 14.3 Å². The Balaban J connectivity index is 1.56. The molecule has 0 unspecified atom stereocenters. The van der Waals surface area contributed by atoms with Crippen molar-refractivity contribution in [2.75, 3.05) is 11.9 Å². The summed E-state index contributed by atoms with van der Waals surface area (Å²) in [5.74, 6) is -1.01. The molecule has 0 aliphatic heterocycles. The molecule has 0 radical (unpaired) electrons. The zero-order valence-corrected chi connectivity index (χ0v) is 14.7. The lowest BCUT2D eigenvalue weighted by Crippen LogP contribution is -2.21. The van der Waals surface area contributed by atoms with Crippen LogP contribution in [-0.2, 0) is 9.53 Å². The third-order valence-corrected chi connectivity index (χ3v) is 4.16. The summed E-state index contributed by atoms with van der Waals surface area (Å²) in [4.78, 5) is 24.1. The van der Waals surface area contributed by atoms with Crippen LogP contribution in [0.4, 0.5) is 5.69 Å². The zero-order valence-electron chi connectivity index (χ0n) is 14.0. The first-order valence-electron chi connectivity index (χ1n) is 7.87. The second-order valence-electron chi connectivity index (χ2n) is 5.53. The Labute approximate surface area is 155 Å². The molecule has 1 amide bonds.